The first-order chi connectivity index (χ1) is 12.8. The number of nitrogens with one attached hydrogen (secondary N) is 1. The lowest BCUT2D eigenvalue weighted by Gasteiger charge is -2.05. The van der Waals surface area contributed by atoms with E-state index in [1.165, 1.54) is 29.3 Å². The van der Waals surface area contributed by atoms with Gasteiger partial charge >= 0.3 is 5.69 Å². The molecule has 0 aliphatic rings. The van der Waals surface area contributed by atoms with Gasteiger partial charge in [0.2, 0.25) is 5.91 Å². The van der Waals surface area contributed by atoms with E-state index < -0.39 is 10.8 Å². The number of amides is 1. The van der Waals surface area contributed by atoms with Crippen LogP contribution in [0.5, 0.6) is 0 Å². The van der Waals surface area contributed by atoms with Gasteiger partial charge in [0, 0.05) is 17.8 Å². The highest BCUT2D eigenvalue weighted by molar-refractivity contribution is 5.89. The zero-order chi connectivity index (χ0) is 19.6. The molecule has 0 fully saturated rings. The molecule has 0 atom stereocenters. The Morgan fingerprint density at radius 2 is 2.00 bits per heavy atom. The summed E-state index contributed by atoms with van der Waals surface area (Å²) >= 11 is 0. The van der Waals surface area contributed by atoms with Crippen molar-refractivity contribution in [3.05, 3.63) is 69.4 Å². The summed E-state index contributed by atoms with van der Waals surface area (Å²) in [6, 6.07) is 7.96. The molecule has 27 heavy (non-hydrogen) atoms. The smallest absolute Gasteiger partial charge is 0.308 e. The molecule has 1 amide bonds. The maximum atomic E-state index is 13.7. The van der Waals surface area contributed by atoms with Gasteiger partial charge in [0.1, 0.15) is 23.7 Å². The van der Waals surface area contributed by atoms with Gasteiger partial charge in [-0.15, -0.1) is 0 Å². The van der Waals surface area contributed by atoms with Crippen molar-refractivity contribution in [2.45, 2.75) is 26.9 Å². The third-order valence-electron chi connectivity index (χ3n) is 4.02. The first kappa shape index (κ1) is 18.2. The normalized spacial score (nSPS) is 10.8. The van der Waals surface area contributed by atoms with E-state index in [2.05, 4.69) is 15.5 Å². The number of hydrogen-bond acceptors (Lipinski definition) is 5. The van der Waals surface area contributed by atoms with Crippen molar-refractivity contribution in [1.29, 1.82) is 0 Å². The summed E-state index contributed by atoms with van der Waals surface area (Å²) in [5.74, 6) is -0.455. The Bertz CT molecular complexity index is 1010. The monoisotopic (exact) mass is 372 g/mol. The summed E-state index contributed by atoms with van der Waals surface area (Å²) < 4.78 is 16.5. The third-order valence-corrected chi connectivity index (χ3v) is 4.02. The SMILES string of the molecule is Cc1nn(CC(=O)Nc2ccn(Cc3ccccc3F)n2)c(C)c1[N+](=O)[O-]. The summed E-state index contributed by atoms with van der Waals surface area (Å²) in [7, 11) is 0. The van der Waals surface area contributed by atoms with E-state index in [4.69, 9.17) is 0 Å². The first-order valence-electron chi connectivity index (χ1n) is 8.10. The average Bonchev–Trinajstić information content (AvgIpc) is 3.13. The predicted molar refractivity (Wildman–Crippen MR) is 94.7 cm³/mol. The topological polar surface area (TPSA) is 108 Å². The quantitative estimate of drug-likeness (QED) is 0.528. The standard InChI is InChI=1S/C17H17FN6O3/c1-11-17(24(26)27)12(2)23(20-11)10-16(25)19-15-7-8-22(21-15)9-13-5-3-4-6-14(13)18/h3-8H,9-10H2,1-2H3,(H,19,21,25). The number of anilines is 1. The van der Waals surface area contributed by atoms with Gasteiger partial charge in [0.25, 0.3) is 0 Å². The molecule has 10 heteroatoms. The zero-order valence-corrected chi connectivity index (χ0v) is 14.7. The third kappa shape index (κ3) is 4.00. The molecule has 2 aromatic heterocycles. The number of carbonyl (C=O) groups excluding carboxylic acids is 1. The molecule has 0 spiro atoms. The van der Waals surface area contributed by atoms with Crippen LogP contribution in [0.1, 0.15) is 17.0 Å². The van der Waals surface area contributed by atoms with Crippen LogP contribution in [0.3, 0.4) is 0 Å². The fourth-order valence-corrected chi connectivity index (χ4v) is 2.74. The van der Waals surface area contributed by atoms with Crippen molar-refractivity contribution in [1.82, 2.24) is 19.6 Å². The summed E-state index contributed by atoms with van der Waals surface area (Å²) in [5.41, 5.74) is 0.933. The second-order valence-corrected chi connectivity index (χ2v) is 5.97. The molecule has 9 nitrogen and oxygen atoms in total. The molecule has 0 unspecified atom stereocenters. The van der Waals surface area contributed by atoms with Gasteiger partial charge in [0.15, 0.2) is 5.82 Å². The van der Waals surface area contributed by atoms with Crippen molar-refractivity contribution in [3.8, 4) is 0 Å². The molecule has 1 aromatic carbocycles. The van der Waals surface area contributed by atoms with E-state index in [9.17, 15) is 19.3 Å². The number of halogens is 1. The second-order valence-electron chi connectivity index (χ2n) is 5.97. The van der Waals surface area contributed by atoms with E-state index in [0.29, 0.717) is 17.1 Å². The van der Waals surface area contributed by atoms with E-state index in [-0.39, 0.29) is 30.3 Å². The molecule has 0 radical (unpaired) electrons. The Balaban J connectivity index is 1.66. The molecule has 0 aliphatic heterocycles. The Morgan fingerprint density at radius 3 is 2.67 bits per heavy atom. The fraction of sp³-hybridized carbons (Fsp3) is 0.235. The number of rotatable bonds is 6. The molecule has 1 N–H and O–H groups in total. The Hall–Kier alpha value is -3.56. The number of aromatic nitrogens is 4. The number of nitro groups is 1. The average molecular weight is 372 g/mol. The van der Waals surface area contributed by atoms with Gasteiger partial charge in [-0.3, -0.25) is 24.3 Å². The lowest BCUT2D eigenvalue weighted by molar-refractivity contribution is -0.386. The molecule has 140 valence electrons. The minimum absolute atomic E-state index is 0.100. The molecule has 0 saturated carbocycles. The van der Waals surface area contributed by atoms with Crippen LogP contribution in [-0.4, -0.2) is 30.4 Å². The number of hydrogen-bond donors (Lipinski definition) is 1. The number of carbonyl (C=O) groups is 1. The van der Waals surface area contributed by atoms with Gasteiger partial charge in [-0.25, -0.2) is 4.39 Å². The lowest BCUT2D eigenvalue weighted by atomic mass is 10.2. The Labute approximate surface area is 153 Å². The summed E-state index contributed by atoms with van der Waals surface area (Å²) in [4.78, 5) is 22.7. The number of benzene rings is 1. The highest BCUT2D eigenvalue weighted by Gasteiger charge is 2.22. The molecular weight excluding hydrogens is 355 g/mol. The predicted octanol–water partition coefficient (Wildman–Crippen LogP) is 2.43. The van der Waals surface area contributed by atoms with Gasteiger partial charge in [-0.2, -0.15) is 10.2 Å². The molecule has 3 rings (SSSR count). The second kappa shape index (κ2) is 7.36. The van der Waals surface area contributed by atoms with Gasteiger partial charge in [0.05, 0.1) is 11.5 Å². The van der Waals surface area contributed by atoms with Crippen molar-refractivity contribution >= 4 is 17.4 Å². The Morgan fingerprint density at radius 1 is 1.26 bits per heavy atom. The van der Waals surface area contributed by atoms with E-state index in [1.807, 2.05) is 0 Å². The van der Waals surface area contributed by atoms with Crippen LogP contribution < -0.4 is 5.32 Å². The van der Waals surface area contributed by atoms with Crippen LogP contribution in [0, 0.1) is 29.8 Å². The maximum Gasteiger partial charge on any atom is 0.312 e. The van der Waals surface area contributed by atoms with Crippen molar-refractivity contribution in [2.24, 2.45) is 0 Å². The highest BCUT2D eigenvalue weighted by atomic mass is 19.1. The number of aryl methyl sites for hydroxylation is 1. The van der Waals surface area contributed by atoms with Crippen LogP contribution in [-0.2, 0) is 17.9 Å². The van der Waals surface area contributed by atoms with Crippen molar-refractivity contribution in [3.63, 3.8) is 0 Å². The van der Waals surface area contributed by atoms with E-state index >= 15 is 0 Å². The van der Waals surface area contributed by atoms with Crippen LogP contribution in [0.25, 0.3) is 0 Å². The van der Waals surface area contributed by atoms with Gasteiger partial charge in [-0.05, 0) is 19.9 Å². The zero-order valence-electron chi connectivity index (χ0n) is 14.7. The van der Waals surface area contributed by atoms with Gasteiger partial charge in [-0.1, -0.05) is 18.2 Å². The largest absolute Gasteiger partial charge is 0.312 e. The maximum absolute atomic E-state index is 13.7. The molecular formula is C17H17FN6O3. The summed E-state index contributed by atoms with van der Waals surface area (Å²) in [6.07, 6.45) is 1.62. The van der Waals surface area contributed by atoms with Crippen LogP contribution in [0.2, 0.25) is 0 Å². The van der Waals surface area contributed by atoms with Crippen LogP contribution in [0.4, 0.5) is 15.9 Å². The Kier molecular flexibility index (Phi) is 4.97. The minimum atomic E-state index is -0.517. The van der Waals surface area contributed by atoms with Crippen molar-refractivity contribution in [2.75, 3.05) is 5.32 Å². The fourth-order valence-electron chi connectivity index (χ4n) is 2.74. The molecule has 3 aromatic rings. The molecule has 0 saturated heterocycles. The molecule has 0 bridgehead atoms. The van der Waals surface area contributed by atoms with Gasteiger partial charge < -0.3 is 5.32 Å². The van der Waals surface area contributed by atoms with Crippen molar-refractivity contribution < 1.29 is 14.1 Å². The van der Waals surface area contributed by atoms with Crippen LogP contribution in [0.15, 0.2) is 36.5 Å². The summed E-state index contributed by atoms with van der Waals surface area (Å²) in [5, 5.41) is 21.8. The molecule has 2 heterocycles. The first-order valence-corrected chi connectivity index (χ1v) is 8.10. The number of nitrogens with zero attached hydrogens (tertiary/aromatic N) is 5. The minimum Gasteiger partial charge on any atom is -0.308 e. The van der Waals surface area contributed by atoms with Crippen LogP contribution >= 0.6 is 0 Å². The van der Waals surface area contributed by atoms with E-state index in [0.717, 1.165) is 0 Å². The highest BCUT2D eigenvalue weighted by Crippen LogP contribution is 2.21. The molecule has 0 aliphatic carbocycles. The summed E-state index contributed by atoms with van der Waals surface area (Å²) in [6.45, 7) is 3.10. The lowest BCUT2D eigenvalue weighted by Crippen LogP contribution is -2.20. The van der Waals surface area contributed by atoms with E-state index in [1.54, 1.807) is 30.5 Å².